The molecule has 96 valence electrons. The van der Waals surface area contributed by atoms with Crippen molar-refractivity contribution in [3.8, 4) is 0 Å². The zero-order valence-electron chi connectivity index (χ0n) is 9.29. The number of benzene rings is 1. The van der Waals surface area contributed by atoms with E-state index < -0.39 is 39.8 Å². The number of aliphatic carboxylic acids is 1. The lowest BCUT2D eigenvalue weighted by atomic mass is 10.1. The molecule has 7 heteroatoms. The normalized spacial score (nSPS) is 21.6. The molecule has 0 fully saturated rings. The molecule has 1 aromatic rings. The third-order valence-electron chi connectivity index (χ3n) is 2.69. The summed E-state index contributed by atoms with van der Waals surface area (Å²) >= 11 is 0. The highest BCUT2D eigenvalue weighted by Gasteiger charge is 2.33. The average Bonchev–Trinajstić information content (AvgIpc) is 2.35. The van der Waals surface area contributed by atoms with Gasteiger partial charge in [-0.1, -0.05) is 12.1 Å². The SMILES string of the molecule is O=C(O)C[C@H]1CS(=O)(=O)c2ccccc2NC1=O. The van der Waals surface area contributed by atoms with Crippen molar-refractivity contribution in [1.82, 2.24) is 0 Å². The number of para-hydroxylation sites is 1. The monoisotopic (exact) mass is 269 g/mol. The largest absolute Gasteiger partial charge is 0.481 e. The standard InChI is InChI=1S/C11H11NO5S/c13-10(14)5-7-6-18(16,17)9-4-2-1-3-8(9)12-11(7)15/h1-4,7H,5-6H2,(H,12,15)(H,13,14)/t7-/m0/s1. The van der Waals surface area contributed by atoms with E-state index in [0.717, 1.165) is 0 Å². The number of carboxylic acids is 1. The van der Waals surface area contributed by atoms with Gasteiger partial charge in [-0.15, -0.1) is 0 Å². The van der Waals surface area contributed by atoms with E-state index in [0.29, 0.717) is 0 Å². The Morgan fingerprint density at radius 1 is 1.39 bits per heavy atom. The molecule has 6 nitrogen and oxygen atoms in total. The highest BCUT2D eigenvalue weighted by atomic mass is 32.2. The van der Waals surface area contributed by atoms with Gasteiger partial charge in [0.05, 0.1) is 28.7 Å². The smallest absolute Gasteiger partial charge is 0.304 e. The molecule has 1 amide bonds. The molecular weight excluding hydrogens is 258 g/mol. The fourth-order valence-corrected chi connectivity index (χ4v) is 3.59. The second kappa shape index (κ2) is 4.41. The molecule has 2 rings (SSSR count). The Balaban J connectivity index is 2.45. The Hall–Kier alpha value is -1.89. The summed E-state index contributed by atoms with van der Waals surface area (Å²) in [5, 5.41) is 11.1. The first-order chi connectivity index (χ1) is 8.40. The minimum atomic E-state index is -3.65. The fourth-order valence-electron chi connectivity index (χ4n) is 1.87. The molecule has 0 aliphatic carbocycles. The van der Waals surface area contributed by atoms with E-state index in [4.69, 9.17) is 5.11 Å². The summed E-state index contributed by atoms with van der Waals surface area (Å²) in [7, 11) is -3.65. The van der Waals surface area contributed by atoms with Crippen LogP contribution >= 0.6 is 0 Å². The number of carbonyl (C=O) groups excluding carboxylic acids is 1. The molecule has 0 radical (unpaired) electrons. The van der Waals surface area contributed by atoms with Gasteiger partial charge in [0, 0.05) is 0 Å². The summed E-state index contributed by atoms with van der Waals surface area (Å²) in [6, 6.07) is 6.04. The molecule has 1 heterocycles. The summed E-state index contributed by atoms with van der Waals surface area (Å²) < 4.78 is 24.1. The number of rotatable bonds is 2. The lowest BCUT2D eigenvalue weighted by Gasteiger charge is -2.09. The molecule has 0 aromatic heterocycles. The van der Waals surface area contributed by atoms with Crippen LogP contribution in [0.15, 0.2) is 29.2 Å². The van der Waals surface area contributed by atoms with Gasteiger partial charge in [0.15, 0.2) is 9.84 Å². The Labute approximate surface area is 104 Å². The summed E-state index contributed by atoms with van der Waals surface area (Å²) in [6.45, 7) is 0. The summed E-state index contributed by atoms with van der Waals surface area (Å²) in [4.78, 5) is 22.4. The minimum absolute atomic E-state index is 0.0336. The van der Waals surface area contributed by atoms with Crippen LogP contribution in [0.4, 0.5) is 5.69 Å². The van der Waals surface area contributed by atoms with E-state index in [1.165, 1.54) is 12.1 Å². The van der Waals surface area contributed by atoms with Crippen molar-refractivity contribution in [3.05, 3.63) is 24.3 Å². The number of anilines is 1. The van der Waals surface area contributed by atoms with Crippen LogP contribution in [0.25, 0.3) is 0 Å². The number of fused-ring (bicyclic) bond motifs is 1. The minimum Gasteiger partial charge on any atom is -0.481 e. The Bertz CT molecular complexity index is 608. The third-order valence-corrected chi connectivity index (χ3v) is 4.56. The Morgan fingerprint density at radius 2 is 2.06 bits per heavy atom. The molecular formula is C11H11NO5S. The number of sulfone groups is 1. The zero-order chi connectivity index (χ0) is 13.3. The zero-order valence-corrected chi connectivity index (χ0v) is 10.1. The maximum Gasteiger partial charge on any atom is 0.304 e. The molecule has 1 aliphatic rings. The summed E-state index contributed by atoms with van der Waals surface area (Å²) in [5.74, 6) is -3.33. The van der Waals surface area contributed by atoms with E-state index in [2.05, 4.69) is 5.32 Å². The van der Waals surface area contributed by atoms with Crippen LogP contribution < -0.4 is 5.32 Å². The highest BCUT2D eigenvalue weighted by Crippen LogP contribution is 2.28. The van der Waals surface area contributed by atoms with Crippen molar-refractivity contribution >= 4 is 27.4 Å². The first-order valence-electron chi connectivity index (χ1n) is 5.24. The van der Waals surface area contributed by atoms with Gasteiger partial charge in [-0.2, -0.15) is 0 Å². The highest BCUT2D eigenvalue weighted by molar-refractivity contribution is 7.91. The first-order valence-corrected chi connectivity index (χ1v) is 6.90. The summed E-state index contributed by atoms with van der Waals surface area (Å²) in [6.07, 6.45) is -0.501. The van der Waals surface area contributed by atoms with Crippen LogP contribution in [0.5, 0.6) is 0 Å². The number of hydrogen-bond donors (Lipinski definition) is 2. The number of hydrogen-bond acceptors (Lipinski definition) is 4. The molecule has 1 aliphatic heterocycles. The van der Waals surface area contributed by atoms with Gasteiger partial charge in [-0.05, 0) is 12.1 Å². The van der Waals surface area contributed by atoms with Gasteiger partial charge in [0.2, 0.25) is 5.91 Å². The van der Waals surface area contributed by atoms with E-state index >= 15 is 0 Å². The van der Waals surface area contributed by atoms with Crippen molar-refractivity contribution in [1.29, 1.82) is 0 Å². The predicted octanol–water partition coefficient (Wildman–Crippen LogP) is 0.503. The molecule has 0 saturated carbocycles. The van der Waals surface area contributed by atoms with E-state index in [9.17, 15) is 18.0 Å². The van der Waals surface area contributed by atoms with Gasteiger partial charge < -0.3 is 10.4 Å². The molecule has 0 bridgehead atoms. The second-order valence-corrected chi connectivity index (χ2v) is 6.06. The average molecular weight is 269 g/mol. The lowest BCUT2D eigenvalue weighted by molar-refractivity contribution is -0.139. The van der Waals surface area contributed by atoms with E-state index in [1.54, 1.807) is 12.1 Å². The first kappa shape index (κ1) is 12.6. The van der Waals surface area contributed by atoms with Crippen LogP contribution in [0.3, 0.4) is 0 Å². The molecule has 0 unspecified atom stereocenters. The molecule has 1 atom stereocenters. The van der Waals surface area contributed by atoms with Gasteiger partial charge in [-0.3, -0.25) is 9.59 Å². The van der Waals surface area contributed by atoms with E-state index in [-0.39, 0.29) is 10.6 Å². The van der Waals surface area contributed by atoms with Crippen molar-refractivity contribution in [2.75, 3.05) is 11.1 Å². The van der Waals surface area contributed by atoms with Crippen LogP contribution in [-0.2, 0) is 19.4 Å². The third kappa shape index (κ3) is 2.35. The molecule has 2 N–H and O–H groups in total. The van der Waals surface area contributed by atoms with Crippen LogP contribution in [0.1, 0.15) is 6.42 Å². The van der Waals surface area contributed by atoms with Gasteiger partial charge in [0.1, 0.15) is 0 Å². The number of amides is 1. The number of carbonyl (C=O) groups is 2. The lowest BCUT2D eigenvalue weighted by Crippen LogP contribution is -2.28. The van der Waals surface area contributed by atoms with Crippen molar-refractivity contribution in [2.24, 2.45) is 5.92 Å². The molecule has 0 spiro atoms. The maximum absolute atomic E-state index is 12.0. The molecule has 18 heavy (non-hydrogen) atoms. The molecule has 0 saturated heterocycles. The van der Waals surface area contributed by atoms with Gasteiger partial charge in [0.25, 0.3) is 0 Å². The Morgan fingerprint density at radius 3 is 2.72 bits per heavy atom. The number of carboxylic acid groups (broad SMARTS) is 1. The van der Waals surface area contributed by atoms with Crippen LogP contribution in [-0.4, -0.2) is 31.2 Å². The van der Waals surface area contributed by atoms with Gasteiger partial charge >= 0.3 is 5.97 Å². The van der Waals surface area contributed by atoms with Crippen molar-refractivity contribution in [2.45, 2.75) is 11.3 Å². The fraction of sp³-hybridized carbons (Fsp3) is 0.273. The van der Waals surface area contributed by atoms with Crippen LogP contribution in [0, 0.1) is 5.92 Å². The van der Waals surface area contributed by atoms with E-state index in [1.807, 2.05) is 0 Å². The van der Waals surface area contributed by atoms with Gasteiger partial charge in [-0.25, -0.2) is 8.42 Å². The quantitative estimate of drug-likeness (QED) is 0.814. The topological polar surface area (TPSA) is 101 Å². The number of nitrogens with one attached hydrogen (secondary N) is 1. The van der Waals surface area contributed by atoms with Crippen molar-refractivity contribution in [3.63, 3.8) is 0 Å². The van der Waals surface area contributed by atoms with Crippen molar-refractivity contribution < 1.29 is 23.1 Å². The molecule has 1 aromatic carbocycles. The second-order valence-electron chi connectivity index (χ2n) is 4.06. The summed E-state index contributed by atoms with van der Waals surface area (Å²) in [5.41, 5.74) is 0.204. The predicted molar refractivity (Wildman–Crippen MR) is 62.9 cm³/mol. The Kier molecular flexibility index (Phi) is 3.08. The van der Waals surface area contributed by atoms with Crippen LogP contribution in [0.2, 0.25) is 0 Å². The maximum atomic E-state index is 12.0.